The van der Waals surface area contributed by atoms with Crippen molar-refractivity contribution in [2.24, 2.45) is 5.14 Å². The van der Waals surface area contributed by atoms with E-state index in [0.29, 0.717) is 6.42 Å². The maximum absolute atomic E-state index is 11.3. The molecule has 1 aromatic rings. The number of hydrogen-bond donors (Lipinski definition) is 1. The van der Waals surface area contributed by atoms with Gasteiger partial charge in [-0.15, -0.1) is 0 Å². The van der Waals surface area contributed by atoms with Gasteiger partial charge in [0.2, 0.25) is 10.0 Å². The summed E-state index contributed by atoms with van der Waals surface area (Å²) in [4.78, 5) is 0.253. The second-order valence-electron chi connectivity index (χ2n) is 3.42. The van der Waals surface area contributed by atoms with Crippen LogP contribution in [0.2, 0.25) is 0 Å². The molecule has 0 unspecified atom stereocenters. The van der Waals surface area contributed by atoms with Crippen molar-refractivity contribution in [3.63, 3.8) is 0 Å². The van der Waals surface area contributed by atoms with Gasteiger partial charge >= 0.3 is 0 Å². The molecule has 14 heavy (non-hydrogen) atoms. The third-order valence-electron chi connectivity index (χ3n) is 2.48. The molecule has 0 aliphatic heterocycles. The second-order valence-corrected chi connectivity index (χ2v) is 4.95. The first-order chi connectivity index (χ1) is 6.50. The first-order valence-electron chi connectivity index (χ1n) is 4.32. The number of hydrogen-bond acceptors (Lipinski definition) is 2. The van der Waals surface area contributed by atoms with E-state index in [1.165, 1.54) is 0 Å². The number of primary sulfonamides is 1. The fraction of sp³-hybridized carbons (Fsp3) is 0.200. The molecule has 0 fully saturated rings. The van der Waals surface area contributed by atoms with Crippen molar-refractivity contribution in [1.82, 2.24) is 0 Å². The minimum atomic E-state index is -3.58. The third-order valence-corrected chi connectivity index (χ3v) is 3.47. The Hall–Kier alpha value is -1.13. The summed E-state index contributed by atoms with van der Waals surface area (Å²) < 4.78 is 22.5. The van der Waals surface area contributed by atoms with Gasteiger partial charge in [0.1, 0.15) is 0 Å². The Morgan fingerprint density at radius 3 is 2.71 bits per heavy atom. The van der Waals surface area contributed by atoms with Gasteiger partial charge in [-0.2, -0.15) is 0 Å². The fourth-order valence-electron chi connectivity index (χ4n) is 1.78. The zero-order chi connectivity index (χ0) is 10.3. The summed E-state index contributed by atoms with van der Waals surface area (Å²) in [5, 5.41) is 5.12. The molecule has 0 saturated heterocycles. The van der Waals surface area contributed by atoms with E-state index in [2.05, 4.69) is 0 Å². The van der Waals surface area contributed by atoms with Crippen LogP contribution in [0.25, 0.3) is 5.57 Å². The third kappa shape index (κ3) is 1.36. The lowest BCUT2D eigenvalue weighted by atomic mass is 10.1. The second kappa shape index (κ2) is 2.93. The van der Waals surface area contributed by atoms with Gasteiger partial charge in [-0.25, -0.2) is 13.6 Å². The topological polar surface area (TPSA) is 60.2 Å². The predicted octanol–water partition coefficient (Wildman–Crippen LogP) is 1.29. The van der Waals surface area contributed by atoms with E-state index in [0.717, 1.165) is 16.7 Å². The molecule has 74 valence electrons. The van der Waals surface area contributed by atoms with Gasteiger partial charge in [-0.1, -0.05) is 18.2 Å². The lowest BCUT2D eigenvalue weighted by molar-refractivity contribution is 0.597. The average Bonchev–Trinajstić information content (AvgIpc) is 2.46. The summed E-state index contributed by atoms with van der Waals surface area (Å²) >= 11 is 0. The number of fused-ring (bicyclic) bond motifs is 1. The molecule has 4 heteroatoms. The molecule has 0 atom stereocenters. The smallest absolute Gasteiger partial charge is 0.225 e. The molecule has 0 radical (unpaired) electrons. The molecule has 0 bridgehead atoms. The molecule has 3 nitrogen and oxygen atoms in total. The number of allylic oxidation sites excluding steroid dienone is 2. The highest BCUT2D eigenvalue weighted by molar-refractivity contribution is 7.89. The molecule has 1 aliphatic carbocycles. The average molecular weight is 209 g/mol. The maximum Gasteiger partial charge on any atom is 0.238 e. The molecule has 2 N–H and O–H groups in total. The van der Waals surface area contributed by atoms with Crippen molar-refractivity contribution in [3.05, 3.63) is 35.4 Å². The van der Waals surface area contributed by atoms with Gasteiger partial charge in [0, 0.05) is 0 Å². The number of sulfonamides is 1. The largest absolute Gasteiger partial charge is 0.238 e. The van der Waals surface area contributed by atoms with Crippen molar-refractivity contribution in [2.45, 2.75) is 18.2 Å². The van der Waals surface area contributed by atoms with Gasteiger partial charge in [-0.3, -0.25) is 0 Å². The van der Waals surface area contributed by atoms with E-state index in [1.54, 1.807) is 12.1 Å². The van der Waals surface area contributed by atoms with Gasteiger partial charge in [-0.05, 0) is 36.1 Å². The van der Waals surface area contributed by atoms with Crippen LogP contribution in [0.15, 0.2) is 29.2 Å². The molecule has 1 aromatic carbocycles. The van der Waals surface area contributed by atoms with Crippen LogP contribution in [-0.2, 0) is 16.4 Å². The molecule has 1 aliphatic rings. The van der Waals surface area contributed by atoms with Crippen molar-refractivity contribution in [2.75, 3.05) is 0 Å². The van der Waals surface area contributed by atoms with Crippen molar-refractivity contribution >= 4 is 15.6 Å². The Kier molecular flexibility index (Phi) is 1.97. The fourth-order valence-corrected chi connectivity index (χ4v) is 2.58. The quantitative estimate of drug-likeness (QED) is 0.757. The van der Waals surface area contributed by atoms with Crippen LogP contribution >= 0.6 is 0 Å². The van der Waals surface area contributed by atoms with Crippen LogP contribution < -0.4 is 5.14 Å². The van der Waals surface area contributed by atoms with Gasteiger partial charge < -0.3 is 0 Å². The van der Waals surface area contributed by atoms with E-state index in [1.807, 2.05) is 19.1 Å². The summed E-state index contributed by atoms with van der Waals surface area (Å²) in [7, 11) is -3.58. The van der Waals surface area contributed by atoms with E-state index in [9.17, 15) is 8.42 Å². The van der Waals surface area contributed by atoms with E-state index < -0.39 is 10.0 Å². The van der Waals surface area contributed by atoms with Crippen LogP contribution in [0.5, 0.6) is 0 Å². The molecule has 0 amide bonds. The number of benzene rings is 1. The molecular weight excluding hydrogens is 198 g/mol. The summed E-state index contributed by atoms with van der Waals surface area (Å²) in [6.07, 6.45) is 2.67. The first kappa shape index (κ1) is 9.43. The highest BCUT2D eigenvalue weighted by Gasteiger charge is 2.19. The van der Waals surface area contributed by atoms with E-state index in [4.69, 9.17) is 5.14 Å². The minimum absolute atomic E-state index is 0.253. The Labute approximate surface area is 83.3 Å². The van der Waals surface area contributed by atoms with Crippen LogP contribution in [0.4, 0.5) is 0 Å². The van der Waals surface area contributed by atoms with Crippen LogP contribution in [0.3, 0.4) is 0 Å². The Morgan fingerprint density at radius 1 is 1.36 bits per heavy atom. The molecular formula is C10H11NO2S. The first-order valence-corrected chi connectivity index (χ1v) is 5.86. The maximum atomic E-state index is 11.3. The normalized spacial score (nSPS) is 15.1. The molecule has 0 aromatic heterocycles. The zero-order valence-electron chi connectivity index (χ0n) is 7.82. The summed E-state index contributed by atoms with van der Waals surface area (Å²) in [5.74, 6) is 0. The molecule has 0 saturated carbocycles. The van der Waals surface area contributed by atoms with Crippen molar-refractivity contribution in [3.8, 4) is 0 Å². The van der Waals surface area contributed by atoms with Crippen LogP contribution in [0.1, 0.15) is 18.1 Å². The van der Waals surface area contributed by atoms with Gasteiger partial charge in [0.25, 0.3) is 0 Å². The summed E-state index contributed by atoms with van der Waals surface area (Å²) in [6.45, 7) is 1.97. The lowest BCUT2D eigenvalue weighted by Crippen LogP contribution is -2.14. The van der Waals surface area contributed by atoms with Crippen molar-refractivity contribution < 1.29 is 8.42 Å². The molecule has 0 spiro atoms. The van der Waals surface area contributed by atoms with E-state index >= 15 is 0 Å². The number of nitrogens with two attached hydrogens (primary N) is 1. The Balaban J connectivity index is 2.70. The Morgan fingerprint density at radius 2 is 2.07 bits per heavy atom. The summed E-state index contributed by atoms with van der Waals surface area (Å²) in [6, 6.07) is 5.20. The van der Waals surface area contributed by atoms with E-state index in [-0.39, 0.29) is 4.90 Å². The predicted molar refractivity (Wildman–Crippen MR) is 55.2 cm³/mol. The molecule has 0 heterocycles. The van der Waals surface area contributed by atoms with Crippen LogP contribution in [-0.4, -0.2) is 8.42 Å². The van der Waals surface area contributed by atoms with Gasteiger partial charge in [0.15, 0.2) is 0 Å². The van der Waals surface area contributed by atoms with Crippen LogP contribution in [0, 0.1) is 0 Å². The standard InChI is InChI=1S/C10H11NO2S/c1-7-5-6-9-8(7)3-2-4-10(9)14(11,12)13/h2-5H,6H2,1H3,(H2,11,12,13). The highest BCUT2D eigenvalue weighted by atomic mass is 32.2. The zero-order valence-corrected chi connectivity index (χ0v) is 8.64. The van der Waals surface area contributed by atoms with Crippen molar-refractivity contribution in [1.29, 1.82) is 0 Å². The monoisotopic (exact) mass is 209 g/mol. The highest BCUT2D eigenvalue weighted by Crippen LogP contribution is 2.30. The van der Waals surface area contributed by atoms with Gasteiger partial charge in [0.05, 0.1) is 4.90 Å². The lowest BCUT2D eigenvalue weighted by Gasteiger charge is -2.06. The number of rotatable bonds is 1. The Bertz CT molecular complexity index is 515. The SMILES string of the molecule is CC1=CCc2c1cccc2S(N)(=O)=O. The minimum Gasteiger partial charge on any atom is -0.225 e. The summed E-state index contributed by atoms with van der Waals surface area (Å²) in [5.41, 5.74) is 2.94. The molecule has 2 rings (SSSR count).